The molecule has 0 atom stereocenters. The molecule has 0 spiro atoms. The number of piperidine rings is 1. The number of oxazole rings is 1. The van der Waals surface area contributed by atoms with Gasteiger partial charge in [-0.15, -0.1) is 0 Å². The summed E-state index contributed by atoms with van der Waals surface area (Å²) in [5.74, 6) is 2.01. The van der Waals surface area contributed by atoms with E-state index in [-0.39, 0.29) is 12.2 Å². The van der Waals surface area contributed by atoms with Gasteiger partial charge in [-0.25, -0.2) is 15.0 Å². The minimum Gasteiger partial charge on any atom is -0.441 e. The SMILES string of the molecule is COC1CCN(CC(=O)Cc2ncc3ccc(-c4cnc(C)o4)cc3n2)CC1. The molecule has 1 fully saturated rings. The van der Waals surface area contributed by atoms with Gasteiger partial charge in [0.05, 0.1) is 30.8 Å². The Morgan fingerprint density at radius 2 is 2.07 bits per heavy atom. The maximum Gasteiger partial charge on any atom is 0.191 e. The van der Waals surface area contributed by atoms with E-state index in [1.165, 1.54) is 0 Å². The van der Waals surface area contributed by atoms with Crippen LogP contribution in [0.15, 0.2) is 35.0 Å². The van der Waals surface area contributed by atoms with Crippen LogP contribution in [0.5, 0.6) is 0 Å². The Balaban J connectivity index is 1.44. The van der Waals surface area contributed by atoms with Gasteiger partial charge >= 0.3 is 0 Å². The molecule has 0 radical (unpaired) electrons. The highest BCUT2D eigenvalue weighted by Crippen LogP contribution is 2.24. The van der Waals surface area contributed by atoms with E-state index in [1.54, 1.807) is 19.5 Å². The number of fused-ring (bicyclic) bond motifs is 1. The number of likely N-dealkylation sites (tertiary alicyclic amines) is 1. The standard InChI is InChI=1S/C21H24N4O3/c1-14-22-12-20(28-14)15-3-4-16-11-23-21(24-19(16)9-15)10-17(26)13-25-7-5-18(27-2)6-8-25/h3-4,9,11-12,18H,5-8,10,13H2,1-2H3. The van der Waals surface area contributed by atoms with Crippen molar-refractivity contribution in [3.8, 4) is 11.3 Å². The lowest BCUT2D eigenvalue weighted by atomic mass is 10.1. The molecule has 0 bridgehead atoms. The van der Waals surface area contributed by atoms with Gasteiger partial charge in [0.15, 0.2) is 17.4 Å². The van der Waals surface area contributed by atoms with Gasteiger partial charge in [0.1, 0.15) is 5.82 Å². The van der Waals surface area contributed by atoms with Crippen LogP contribution in [0.4, 0.5) is 0 Å². The fourth-order valence-electron chi connectivity index (χ4n) is 3.58. The highest BCUT2D eigenvalue weighted by atomic mass is 16.5. The number of hydrogen-bond donors (Lipinski definition) is 0. The van der Waals surface area contributed by atoms with Crippen LogP contribution in [0.1, 0.15) is 24.6 Å². The normalized spacial score (nSPS) is 15.9. The summed E-state index contributed by atoms with van der Waals surface area (Å²) >= 11 is 0. The van der Waals surface area contributed by atoms with E-state index >= 15 is 0 Å². The van der Waals surface area contributed by atoms with E-state index in [0.29, 0.717) is 30.1 Å². The number of rotatable bonds is 6. The second-order valence-electron chi connectivity index (χ2n) is 7.23. The van der Waals surface area contributed by atoms with Crippen LogP contribution in [-0.2, 0) is 16.0 Å². The van der Waals surface area contributed by atoms with Crippen LogP contribution in [0.3, 0.4) is 0 Å². The topological polar surface area (TPSA) is 81.4 Å². The summed E-state index contributed by atoms with van der Waals surface area (Å²) in [5.41, 5.74) is 1.70. The summed E-state index contributed by atoms with van der Waals surface area (Å²) in [6.07, 6.45) is 5.98. The second kappa shape index (κ2) is 8.16. The number of ether oxygens (including phenoxy) is 1. The van der Waals surface area contributed by atoms with E-state index in [4.69, 9.17) is 9.15 Å². The molecule has 0 amide bonds. The van der Waals surface area contributed by atoms with Gasteiger partial charge in [0.2, 0.25) is 0 Å². The van der Waals surface area contributed by atoms with Crippen LogP contribution in [0.25, 0.3) is 22.2 Å². The highest BCUT2D eigenvalue weighted by Gasteiger charge is 2.20. The third kappa shape index (κ3) is 4.26. The van der Waals surface area contributed by atoms with E-state index in [9.17, 15) is 4.79 Å². The van der Waals surface area contributed by atoms with E-state index in [0.717, 1.165) is 42.4 Å². The molecule has 3 heterocycles. The number of methoxy groups -OCH3 is 1. The van der Waals surface area contributed by atoms with Crippen molar-refractivity contribution in [1.29, 1.82) is 0 Å². The molecule has 0 unspecified atom stereocenters. The molecule has 3 aromatic rings. The fourth-order valence-corrected chi connectivity index (χ4v) is 3.58. The third-order valence-corrected chi connectivity index (χ3v) is 5.16. The molecule has 1 aromatic carbocycles. The zero-order valence-corrected chi connectivity index (χ0v) is 16.2. The summed E-state index contributed by atoms with van der Waals surface area (Å²) in [6.45, 7) is 4.04. The third-order valence-electron chi connectivity index (χ3n) is 5.16. The van der Waals surface area contributed by atoms with Gasteiger partial charge < -0.3 is 9.15 Å². The zero-order chi connectivity index (χ0) is 19.5. The predicted molar refractivity (Wildman–Crippen MR) is 105 cm³/mol. The molecular weight excluding hydrogens is 356 g/mol. The van der Waals surface area contributed by atoms with Crippen molar-refractivity contribution in [1.82, 2.24) is 19.9 Å². The Kier molecular flexibility index (Phi) is 5.45. The number of aryl methyl sites for hydroxylation is 1. The number of nitrogens with zero attached hydrogens (tertiary/aromatic N) is 4. The van der Waals surface area contributed by atoms with Gasteiger partial charge in [0, 0.05) is 44.3 Å². The number of aromatic nitrogens is 3. The molecule has 28 heavy (non-hydrogen) atoms. The molecule has 1 aliphatic rings. The fraction of sp³-hybridized carbons (Fsp3) is 0.429. The molecule has 2 aromatic heterocycles. The van der Waals surface area contributed by atoms with Crippen molar-refractivity contribution in [3.63, 3.8) is 0 Å². The van der Waals surface area contributed by atoms with Gasteiger partial charge in [-0.3, -0.25) is 9.69 Å². The van der Waals surface area contributed by atoms with Crippen molar-refractivity contribution in [2.24, 2.45) is 0 Å². The molecule has 1 aliphatic heterocycles. The minimum absolute atomic E-state index is 0.136. The van der Waals surface area contributed by atoms with Crippen LogP contribution in [0.2, 0.25) is 0 Å². The van der Waals surface area contributed by atoms with Crippen molar-refractivity contribution < 1.29 is 13.9 Å². The first-order valence-electron chi connectivity index (χ1n) is 9.56. The van der Waals surface area contributed by atoms with Crippen molar-refractivity contribution in [2.45, 2.75) is 32.3 Å². The first-order valence-corrected chi connectivity index (χ1v) is 9.56. The summed E-state index contributed by atoms with van der Waals surface area (Å²) in [7, 11) is 1.75. The van der Waals surface area contributed by atoms with Gasteiger partial charge in [0.25, 0.3) is 0 Å². The molecule has 0 aliphatic carbocycles. The number of benzene rings is 1. The lowest BCUT2D eigenvalue weighted by Crippen LogP contribution is -2.40. The van der Waals surface area contributed by atoms with Gasteiger partial charge in [-0.1, -0.05) is 12.1 Å². The average molecular weight is 380 g/mol. The first kappa shape index (κ1) is 18.7. The van der Waals surface area contributed by atoms with Gasteiger partial charge in [-0.2, -0.15) is 0 Å². The van der Waals surface area contributed by atoms with Crippen LogP contribution in [-0.4, -0.2) is 58.5 Å². The molecule has 0 N–H and O–H groups in total. The summed E-state index contributed by atoms with van der Waals surface area (Å²) in [4.78, 5) is 27.8. The molecule has 7 nitrogen and oxygen atoms in total. The molecule has 4 rings (SSSR count). The molecule has 0 saturated carbocycles. The Hall–Kier alpha value is -2.64. The Labute approximate surface area is 163 Å². The molecule has 7 heteroatoms. The highest BCUT2D eigenvalue weighted by molar-refractivity contribution is 5.85. The predicted octanol–water partition coefficient (Wildman–Crippen LogP) is 2.82. The van der Waals surface area contributed by atoms with E-state index < -0.39 is 0 Å². The van der Waals surface area contributed by atoms with Crippen molar-refractivity contribution >= 4 is 16.7 Å². The zero-order valence-electron chi connectivity index (χ0n) is 16.2. The minimum atomic E-state index is 0.136. The quantitative estimate of drug-likeness (QED) is 0.650. The van der Waals surface area contributed by atoms with Crippen molar-refractivity contribution in [2.75, 3.05) is 26.7 Å². The monoisotopic (exact) mass is 380 g/mol. The van der Waals surface area contributed by atoms with Crippen molar-refractivity contribution in [3.05, 3.63) is 42.3 Å². The first-order chi connectivity index (χ1) is 13.6. The second-order valence-corrected chi connectivity index (χ2v) is 7.23. The van der Waals surface area contributed by atoms with Crippen LogP contribution in [0, 0.1) is 6.92 Å². The van der Waals surface area contributed by atoms with E-state index in [2.05, 4.69) is 19.9 Å². The number of hydrogen-bond acceptors (Lipinski definition) is 7. The van der Waals surface area contributed by atoms with Crippen LogP contribution < -0.4 is 0 Å². The number of Topliss-reactive ketones (excluding diaryl/α,β-unsaturated/α-hetero) is 1. The van der Waals surface area contributed by atoms with E-state index in [1.807, 2.05) is 25.1 Å². The Morgan fingerprint density at radius 3 is 2.79 bits per heavy atom. The average Bonchev–Trinajstić information content (AvgIpc) is 3.14. The summed E-state index contributed by atoms with van der Waals surface area (Å²) in [5, 5.41) is 0.929. The lowest BCUT2D eigenvalue weighted by molar-refractivity contribution is -0.120. The Bertz CT molecular complexity index is 977. The lowest BCUT2D eigenvalue weighted by Gasteiger charge is -2.30. The Morgan fingerprint density at radius 1 is 1.25 bits per heavy atom. The maximum atomic E-state index is 12.5. The van der Waals surface area contributed by atoms with Gasteiger partial charge in [-0.05, 0) is 18.9 Å². The number of ketones is 1. The number of carbonyl (C=O) groups excluding carboxylic acids is 1. The smallest absolute Gasteiger partial charge is 0.191 e. The van der Waals surface area contributed by atoms with Crippen LogP contribution >= 0.6 is 0 Å². The summed E-state index contributed by atoms with van der Waals surface area (Å²) in [6, 6.07) is 5.86. The number of carbonyl (C=O) groups is 1. The maximum absolute atomic E-state index is 12.5. The molecule has 1 saturated heterocycles. The summed E-state index contributed by atoms with van der Waals surface area (Å²) < 4.78 is 11.0. The molecular formula is C21H24N4O3. The largest absolute Gasteiger partial charge is 0.441 e. The molecule has 146 valence electrons.